The zero-order chi connectivity index (χ0) is 16.2. The number of aromatic nitrogens is 1. The van der Waals surface area contributed by atoms with Crippen molar-refractivity contribution in [2.75, 3.05) is 31.2 Å². The number of methoxy groups -OCH3 is 1. The highest BCUT2D eigenvalue weighted by molar-refractivity contribution is 7.92. The zero-order valence-electron chi connectivity index (χ0n) is 12.5. The first-order valence-corrected chi connectivity index (χ1v) is 8.61. The number of hydrogen-bond donors (Lipinski definition) is 3. The van der Waals surface area contributed by atoms with E-state index in [1.165, 1.54) is 7.11 Å². The van der Waals surface area contributed by atoms with Crippen LogP contribution in [0.15, 0.2) is 24.4 Å². The molecule has 0 aliphatic heterocycles. The van der Waals surface area contributed by atoms with Crippen LogP contribution in [0.25, 0.3) is 10.9 Å². The van der Waals surface area contributed by atoms with Gasteiger partial charge in [-0.2, -0.15) is 0 Å². The van der Waals surface area contributed by atoms with Gasteiger partial charge in [-0.05, 0) is 30.2 Å². The number of carbonyl (C=O) groups excluding carboxylic acids is 1. The highest BCUT2D eigenvalue weighted by atomic mass is 32.2. The summed E-state index contributed by atoms with van der Waals surface area (Å²) in [5.41, 5.74) is 2.43. The van der Waals surface area contributed by atoms with Gasteiger partial charge in [-0.25, -0.2) is 8.42 Å². The van der Waals surface area contributed by atoms with Gasteiger partial charge in [0, 0.05) is 36.4 Å². The minimum atomic E-state index is -3.31. The van der Waals surface area contributed by atoms with E-state index in [-0.39, 0.29) is 12.5 Å². The Bertz CT molecular complexity index is 767. The van der Waals surface area contributed by atoms with E-state index < -0.39 is 10.0 Å². The van der Waals surface area contributed by atoms with Crippen molar-refractivity contribution in [3.63, 3.8) is 0 Å². The summed E-state index contributed by atoms with van der Waals surface area (Å²) in [7, 11) is -1.84. The van der Waals surface area contributed by atoms with Gasteiger partial charge in [0.1, 0.15) is 6.61 Å². The molecule has 0 spiro atoms. The molecule has 120 valence electrons. The van der Waals surface area contributed by atoms with Gasteiger partial charge < -0.3 is 15.0 Å². The highest BCUT2D eigenvalue weighted by Crippen LogP contribution is 2.23. The fourth-order valence-electron chi connectivity index (χ4n) is 2.18. The molecule has 8 heteroatoms. The first kappa shape index (κ1) is 16.3. The third kappa shape index (κ3) is 4.47. The molecule has 0 unspecified atom stereocenters. The van der Waals surface area contributed by atoms with Crippen LogP contribution in [0.1, 0.15) is 5.56 Å². The van der Waals surface area contributed by atoms with E-state index in [0.29, 0.717) is 18.7 Å². The van der Waals surface area contributed by atoms with Gasteiger partial charge in [0.05, 0.1) is 6.26 Å². The Morgan fingerprint density at radius 2 is 2.14 bits per heavy atom. The number of carbonyl (C=O) groups is 1. The van der Waals surface area contributed by atoms with Crippen LogP contribution in [-0.2, 0) is 26.0 Å². The fraction of sp³-hybridized carbons (Fsp3) is 0.357. The lowest BCUT2D eigenvalue weighted by Crippen LogP contribution is -2.28. The van der Waals surface area contributed by atoms with E-state index in [1.807, 2.05) is 12.3 Å². The Balaban J connectivity index is 2.10. The van der Waals surface area contributed by atoms with Crippen LogP contribution in [0.5, 0.6) is 0 Å². The minimum Gasteiger partial charge on any atom is -0.375 e. The summed E-state index contributed by atoms with van der Waals surface area (Å²) in [5, 5.41) is 3.68. The van der Waals surface area contributed by atoms with Gasteiger partial charge >= 0.3 is 0 Å². The molecule has 0 aliphatic rings. The Kier molecular flexibility index (Phi) is 5.04. The maximum absolute atomic E-state index is 11.3. The van der Waals surface area contributed by atoms with Crippen LogP contribution in [0.3, 0.4) is 0 Å². The van der Waals surface area contributed by atoms with Gasteiger partial charge in [-0.3, -0.25) is 9.52 Å². The molecule has 1 amide bonds. The van der Waals surface area contributed by atoms with Crippen LogP contribution < -0.4 is 10.0 Å². The molecule has 7 nitrogen and oxygen atoms in total. The molecule has 0 fully saturated rings. The molecule has 2 aromatic rings. The number of sulfonamides is 1. The number of H-pyrrole nitrogens is 1. The van der Waals surface area contributed by atoms with Crippen LogP contribution in [0.4, 0.5) is 5.69 Å². The fourth-order valence-corrected chi connectivity index (χ4v) is 2.74. The molecule has 0 saturated carbocycles. The zero-order valence-corrected chi connectivity index (χ0v) is 13.3. The van der Waals surface area contributed by atoms with Crippen molar-refractivity contribution in [3.05, 3.63) is 30.0 Å². The average molecular weight is 325 g/mol. The molecule has 1 aromatic heterocycles. The minimum absolute atomic E-state index is 0.0380. The smallest absolute Gasteiger partial charge is 0.245 e. The van der Waals surface area contributed by atoms with E-state index in [2.05, 4.69) is 15.0 Å². The lowest BCUT2D eigenvalue weighted by atomic mass is 10.1. The van der Waals surface area contributed by atoms with Crippen molar-refractivity contribution in [3.8, 4) is 0 Å². The summed E-state index contributed by atoms with van der Waals surface area (Å²) in [6.45, 7) is 0.523. The van der Waals surface area contributed by atoms with Crippen molar-refractivity contribution < 1.29 is 17.9 Å². The summed E-state index contributed by atoms with van der Waals surface area (Å²) in [6, 6.07) is 5.29. The van der Waals surface area contributed by atoms with E-state index in [4.69, 9.17) is 4.74 Å². The predicted molar refractivity (Wildman–Crippen MR) is 85.4 cm³/mol. The molecular formula is C14H19N3O4S. The molecule has 22 heavy (non-hydrogen) atoms. The Morgan fingerprint density at radius 3 is 2.82 bits per heavy atom. The second-order valence-electron chi connectivity index (χ2n) is 4.98. The number of fused-ring (bicyclic) bond motifs is 1. The maximum Gasteiger partial charge on any atom is 0.245 e. The second-order valence-corrected chi connectivity index (χ2v) is 6.73. The third-order valence-corrected chi connectivity index (χ3v) is 3.67. The second kappa shape index (κ2) is 6.80. The SMILES string of the molecule is COCC(=O)NCCc1c[nH]c2ccc(NS(C)(=O)=O)cc12. The number of hydrogen-bond acceptors (Lipinski definition) is 4. The topological polar surface area (TPSA) is 100 Å². The van der Waals surface area contributed by atoms with Crippen molar-refractivity contribution in [2.24, 2.45) is 0 Å². The summed E-state index contributed by atoms with van der Waals surface area (Å²) in [6.07, 6.45) is 3.61. The first-order chi connectivity index (χ1) is 10.4. The highest BCUT2D eigenvalue weighted by Gasteiger charge is 2.08. The van der Waals surface area contributed by atoms with Gasteiger partial charge in [0.15, 0.2) is 0 Å². The third-order valence-electron chi connectivity index (χ3n) is 3.06. The van der Waals surface area contributed by atoms with Crippen LogP contribution in [0.2, 0.25) is 0 Å². The molecule has 0 bridgehead atoms. The molecule has 3 N–H and O–H groups in total. The van der Waals surface area contributed by atoms with E-state index in [1.54, 1.807) is 12.1 Å². The number of anilines is 1. The summed E-state index contributed by atoms with van der Waals surface area (Å²) in [4.78, 5) is 14.5. The standard InChI is InChI=1S/C14H19N3O4S/c1-21-9-14(18)15-6-5-10-8-16-13-4-3-11(7-12(10)13)17-22(2,19)20/h3-4,7-8,16-17H,5-6,9H2,1-2H3,(H,15,18). The maximum atomic E-state index is 11.3. The molecule has 0 radical (unpaired) electrons. The summed E-state index contributed by atoms with van der Waals surface area (Å²) in [5.74, 6) is -0.165. The molecule has 1 heterocycles. The molecule has 0 atom stereocenters. The Morgan fingerprint density at radius 1 is 1.36 bits per heavy atom. The number of nitrogens with one attached hydrogen (secondary N) is 3. The average Bonchev–Trinajstić information content (AvgIpc) is 2.80. The Labute approximate surface area is 129 Å². The lowest BCUT2D eigenvalue weighted by molar-refractivity contribution is -0.124. The van der Waals surface area contributed by atoms with Gasteiger partial charge in [-0.15, -0.1) is 0 Å². The van der Waals surface area contributed by atoms with E-state index >= 15 is 0 Å². The molecule has 0 saturated heterocycles. The number of ether oxygens (including phenoxy) is 1. The largest absolute Gasteiger partial charge is 0.375 e. The molecular weight excluding hydrogens is 306 g/mol. The van der Waals surface area contributed by atoms with Crippen molar-refractivity contribution >= 4 is 32.5 Å². The van der Waals surface area contributed by atoms with E-state index in [0.717, 1.165) is 22.7 Å². The summed E-state index contributed by atoms with van der Waals surface area (Å²) >= 11 is 0. The van der Waals surface area contributed by atoms with Crippen molar-refractivity contribution in [1.29, 1.82) is 0 Å². The summed E-state index contributed by atoms with van der Waals surface area (Å²) < 4.78 is 29.8. The number of rotatable bonds is 7. The number of aromatic amines is 1. The first-order valence-electron chi connectivity index (χ1n) is 6.72. The monoisotopic (exact) mass is 325 g/mol. The normalized spacial score (nSPS) is 11.5. The van der Waals surface area contributed by atoms with Crippen LogP contribution in [0, 0.1) is 0 Å². The molecule has 1 aromatic carbocycles. The van der Waals surface area contributed by atoms with Gasteiger partial charge in [0.25, 0.3) is 0 Å². The van der Waals surface area contributed by atoms with Crippen molar-refractivity contribution in [1.82, 2.24) is 10.3 Å². The van der Waals surface area contributed by atoms with Crippen LogP contribution in [-0.4, -0.2) is 45.8 Å². The van der Waals surface area contributed by atoms with Gasteiger partial charge in [0.2, 0.25) is 15.9 Å². The predicted octanol–water partition coefficient (Wildman–Crippen LogP) is 0.844. The van der Waals surface area contributed by atoms with E-state index in [9.17, 15) is 13.2 Å². The quantitative estimate of drug-likeness (QED) is 0.702. The van der Waals surface area contributed by atoms with Gasteiger partial charge in [-0.1, -0.05) is 0 Å². The lowest BCUT2D eigenvalue weighted by Gasteiger charge is -2.06. The number of amides is 1. The van der Waals surface area contributed by atoms with Crippen molar-refractivity contribution in [2.45, 2.75) is 6.42 Å². The molecule has 2 rings (SSSR count). The van der Waals surface area contributed by atoms with Crippen LogP contribution >= 0.6 is 0 Å². The Hall–Kier alpha value is -2.06. The number of benzene rings is 1. The molecule has 0 aliphatic carbocycles.